The number of nitrogens with zero attached hydrogens (tertiary/aromatic N) is 1. The maximum absolute atomic E-state index is 12.0. The monoisotopic (exact) mass is 255 g/mol. The topological polar surface area (TPSA) is 66.8 Å². The predicted octanol–water partition coefficient (Wildman–Crippen LogP) is 1.41. The molecule has 2 aliphatic rings. The van der Waals surface area contributed by atoms with Gasteiger partial charge in [-0.25, -0.2) is 0 Å². The molecule has 0 aromatic heterocycles. The van der Waals surface area contributed by atoms with Gasteiger partial charge in [-0.05, 0) is 32.1 Å². The Hall–Kier alpha value is -1.10. The molecule has 0 spiro atoms. The Bertz CT molecular complexity index is 312. The molecular formula is C13H21NO4. The molecule has 2 atom stereocenters. The van der Waals surface area contributed by atoms with E-state index in [1.54, 1.807) is 0 Å². The highest BCUT2D eigenvalue weighted by atomic mass is 16.5. The second kappa shape index (κ2) is 6.18. The second-order valence-electron chi connectivity index (χ2n) is 5.10. The summed E-state index contributed by atoms with van der Waals surface area (Å²) in [5.74, 6) is -0.943. The smallest absolute Gasteiger partial charge is 0.303 e. The number of rotatable bonds is 4. The van der Waals surface area contributed by atoms with E-state index in [4.69, 9.17) is 9.84 Å². The summed E-state index contributed by atoms with van der Waals surface area (Å²) in [6.45, 7) is 1.54. The summed E-state index contributed by atoms with van der Waals surface area (Å²) < 4.78 is 5.76. The van der Waals surface area contributed by atoms with Gasteiger partial charge in [0.15, 0.2) is 0 Å². The Morgan fingerprint density at radius 3 is 2.67 bits per heavy atom. The Kier molecular flexibility index (Phi) is 4.58. The van der Waals surface area contributed by atoms with Crippen molar-refractivity contribution >= 4 is 11.9 Å². The fourth-order valence-electron chi connectivity index (χ4n) is 2.92. The van der Waals surface area contributed by atoms with Gasteiger partial charge >= 0.3 is 5.97 Å². The SMILES string of the molecule is O=C(O)CCC(=O)N1CCCC1C1CCCCO1. The molecule has 2 fully saturated rings. The van der Waals surface area contributed by atoms with Crippen molar-refractivity contribution in [2.75, 3.05) is 13.2 Å². The average Bonchev–Trinajstić information content (AvgIpc) is 2.86. The molecule has 2 unspecified atom stereocenters. The van der Waals surface area contributed by atoms with E-state index >= 15 is 0 Å². The molecule has 2 saturated heterocycles. The van der Waals surface area contributed by atoms with E-state index in [0.717, 1.165) is 38.8 Å². The number of carbonyl (C=O) groups excluding carboxylic acids is 1. The van der Waals surface area contributed by atoms with E-state index in [9.17, 15) is 9.59 Å². The van der Waals surface area contributed by atoms with Crippen LogP contribution < -0.4 is 0 Å². The minimum absolute atomic E-state index is 0.0333. The van der Waals surface area contributed by atoms with Crippen molar-refractivity contribution in [2.45, 2.75) is 57.1 Å². The van der Waals surface area contributed by atoms with Gasteiger partial charge in [0.1, 0.15) is 0 Å². The molecule has 5 heteroatoms. The summed E-state index contributed by atoms with van der Waals surface area (Å²) in [5, 5.41) is 8.62. The lowest BCUT2D eigenvalue weighted by molar-refractivity contribution is -0.142. The van der Waals surface area contributed by atoms with Gasteiger partial charge in [0.05, 0.1) is 18.6 Å². The number of likely N-dealkylation sites (tertiary alicyclic amines) is 1. The molecule has 0 aromatic rings. The highest BCUT2D eigenvalue weighted by Gasteiger charge is 2.35. The number of hydrogen-bond acceptors (Lipinski definition) is 3. The Morgan fingerprint density at radius 2 is 2.00 bits per heavy atom. The van der Waals surface area contributed by atoms with Crippen LogP contribution in [0, 0.1) is 0 Å². The number of aliphatic carboxylic acids is 1. The molecule has 0 aliphatic carbocycles. The minimum atomic E-state index is -0.909. The summed E-state index contributed by atoms with van der Waals surface area (Å²) in [7, 11) is 0. The number of ether oxygens (including phenoxy) is 1. The lowest BCUT2D eigenvalue weighted by atomic mass is 10.00. The zero-order valence-corrected chi connectivity index (χ0v) is 10.6. The molecule has 2 heterocycles. The van der Waals surface area contributed by atoms with E-state index in [1.165, 1.54) is 6.42 Å². The van der Waals surface area contributed by atoms with E-state index in [2.05, 4.69) is 0 Å². The Balaban J connectivity index is 1.89. The van der Waals surface area contributed by atoms with Crippen molar-refractivity contribution in [2.24, 2.45) is 0 Å². The Morgan fingerprint density at radius 1 is 1.17 bits per heavy atom. The summed E-state index contributed by atoms with van der Waals surface area (Å²) in [4.78, 5) is 24.4. The molecular weight excluding hydrogens is 234 g/mol. The lowest BCUT2D eigenvalue weighted by Crippen LogP contribution is -2.45. The van der Waals surface area contributed by atoms with Crippen LogP contribution >= 0.6 is 0 Å². The Labute approximate surface area is 107 Å². The number of amides is 1. The van der Waals surface area contributed by atoms with Crippen molar-refractivity contribution in [3.63, 3.8) is 0 Å². The first-order chi connectivity index (χ1) is 8.68. The molecule has 1 amide bonds. The van der Waals surface area contributed by atoms with Crippen LogP contribution in [0.5, 0.6) is 0 Å². The highest BCUT2D eigenvalue weighted by Crippen LogP contribution is 2.28. The number of carbonyl (C=O) groups is 2. The standard InChI is InChI=1S/C13H21NO4/c15-12(6-7-13(16)17)14-8-3-4-10(14)11-5-1-2-9-18-11/h10-11H,1-9H2,(H,16,17). The van der Waals surface area contributed by atoms with Crippen LogP contribution in [0.4, 0.5) is 0 Å². The minimum Gasteiger partial charge on any atom is -0.481 e. The largest absolute Gasteiger partial charge is 0.481 e. The fraction of sp³-hybridized carbons (Fsp3) is 0.846. The van der Waals surface area contributed by atoms with Gasteiger partial charge in [-0.3, -0.25) is 9.59 Å². The second-order valence-corrected chi connectivity index (χ2v) is 5.10. The molecule has 0 bridgehead atoms. The first-order valence-electron chi connectivity index (χ1n) is 6.81. The lowest BCUT2D eigenvalue weighted by Gasteiger charge is -2.34. The van der Waals surface area contributed by atoms with E-state index in [1.807, 2.05) is 4.90 Å². The van der Waals surface area contributed by atoms with Gasteiger partial charge in [0.25, 0.3) is 0 Å². The third-order valence-electron chi connectivity index (χ3n) is 3.82. The number of hydrogen-bond donors (Lipinski definition) is 1. The molecule has 1 N–H and O–H groups in total. The van der Waals surface area contributed by atoms with Crippen LogP contribution in [0.2, 0.25) is 0 Å². The zero-order valence-electron chi connectivity index (χ0n) is 10.6. The number of carboxylic acids is 1. The van der Waals surface area contributed by atoms with Gasteiger partial charge in [0, 0.05) is 19.6 Å². The van der Waals surface area contributed by atoms with Crippen molar-refractivity contribution in [1.29, 1.82) is 0 Å². The van der Waals surface area contributed by atoms with Crippen LogP contribution in [0.25, 0.3) is 0 Å². The molecule has 0 saturated carbocycles. The van der Waals surface area contributed by atoms with Crippen molar-refractivity contribution in [1.82, 2.24) is 4.90 Å². The van der Waals surface area contributed by atoms with Crippen LogP contribution in [-0.4, -0.2) is 47.2 Å². The molecule has 0 aromatic carbocycles. The maximum atomic E-state index is 12.0. The third kappa shape index (κ3) is 3.22. The first-order valence-corrected chi connectivity index (χ1v) is 6.81. The normalized spacial score (nSPS) is 28.3. The van der Waals surface area contributed by atoms with Crippen LogP contribution in [0.3, 0.4) is 0 Å². The zero-order chi connectivity index (χ0) is 13.0. The van der Waals surface area contributed by atoms with Gasteiger partial charge in [-0.2, -0.15) is 0 Å². The van der Waals surface area contributed by atoms with Crippen molar-refractivity contribution < 1.29 is 19.4 Å². The summed E-state index contributed by atoms with van der Waals surface area (Å²) >= 11 is 0. The first kappa shape index (κ1) is 13.3. The van der Waals surface area contributed by atoms with Crippen LogP contribution in [-0.2, 0) is 14.3 Å². The van der Waals surface area contributed by atoms with Crippen LogP contribution in [0.1, 0.15) is 44.9 Å². The fourth-order valence-corrected chi connectivity index (χ4v) is 2.92. The molecule has 18 heavy (non-hydrogen) atoms. The van der Waals surface area contributed by atoms with E-state index in [0.29, 0.717) is 0 Å². The molecule has 102 valence electrons. The van der Waals surface area contributed by atoms with E-state index < -0.39 is 5.97 Å². The van der Waals surface area contributed by atoms with E-state index in [-0.39, 0.29) is 30.9 Å². The van der Waals surface area contributed by atoms with Crippen molar-refractivity contribution in [3.8, 4) is 0 Å². The van der Waals surface area contributed by atoms with Gasteiger partial charge in [-0.1, -0.05) is 0 Å². The van der Waals surface area contributed by atoms with Gasteiger partial charge in [-0.15, -0.1) is 0 Å². The summed E-state index contributed by atoms with van der Waals surface area (Å²) in [5.41, 5.74) is 0. The molecule has 0 radical (unpaired) electrons. The average molecular weight is 255 g/mol. The molecule has 2 aliphatic heterocycles. The molecule has 5 nitrogen and oxygen atoms in total. The van der Waals surface area contributed by atoms with Crippen LogP contribution in [0.15, 0.2) is 0 Å². The van der Waals surface area contributed by atoms with Gasteiger partial charge < -0.3 is 14.7 Å². The third-order valence-corrected chi connectivity index (χ3v) is 3.82. The summed E-state index contributed by atoms with van der Waals surface area (Å²) in [6.07, 6.45) is 5.48. The van der Waals surface area contributed by atoms with Gasteiger partial charge in [0.2, 0.25) is 5.91 Å². The molecule has 2 rings (SSSR count). The maximum Gasteiger partial charge on any atom is 0.303 e. The highest BCUT2D eigenvalue weighted by molar-refractivity contribution is 5.81. The predicted molar refractivity (Wildman–Crippen MR) is 65.2 cm³/mol. The summed E-state index contributed by atoms with van der Waals surface area (Å²) in [6, 6.07) is 0.173. The number of carboxylic acid groups (broad SMARTS) is 1. The quantitative estimate of drug-likeness (QED) is 0.824. The van der Waals surface area contributed by atoms with Crippen molar-refractivity contribution in [3.05, 3.63) is 0 Å².